The molecule has 0 saturated carbocycles. The third-order valence-corrected chi connectivity index (χ3v) is 7.93. The molecule has 1 amide bonds. The monoisotopic (exact) mass is 474 g/mol. The summed E-state index contributed by atoms with van der Waals surface area (Å²) in [6, 6.07) is 11.5. The average Bonchev–Trinajstić information content (AvgIpc) is 2.70. The van der Waals surface area contributed by atoms with E-state index in [2.05, 4.69) is 5.32 Å². The zero-order chi connectivity index (χ0) is 21.2. The molecule has 0 aromatic heterocycles. The quantitative estimate of drug-likeness (QED) is 0.667. The maximum atomic E-state index is 12.9. The number of halogens is 3. The minimum atomic E-state index is -3.76. The predicted octanol–water partition coefficient (Wildman–Crippen LogP) is 4.92. The van der Waals surface area contributed by atoms with E-state index in [1.165, 1.54) is 16.4 Å². The maximum Gasteiger partial charge on any atom is 0.244 e. The van der Waals surface area contributed by atoms with Crippen LogP contribution in [0.1, 0.15) is 31.4 Å². The van der Waals surface area contributed by atoms with Crippen LogP contribution in [-0.4, -0.2) is 31.7 Å². The number of rotatable bonds is 5. The van der Waals surface area contributed by atoms with Gasteiger partial charge < -0.3 is 5.32 Å². The van der Waals surface area contributed by atoms with Crippen LogP contribution in [0.25, 0.3) is 0 Å². The summed E-state index contributed by atoms with van der Waals surface area (Å²) in [6.07, 6.45) is 0.882. The van der Waals surface area contributed by atoms with Crippen LogP contribution in [0.4, 0.5) is 0 Å². The Labute approximate surface area is 186 Å². The number of hydrogen-bond acceptors (Lipinski definition) is 3. The molecule has 156 valence electrons. The first-order valence-electron chi connectivity index (χ1n) is 9.19. The average molecular weight is 476 g/mol. The molecule has 1 atom stereocenters. The fourth-order valence-electron chi connectivity index (χ4n) is 3.34. The van der Waals surface area contributed by atoms with E-state index in [1.807, 2.05) is 19.1 Å². The van der Waals surface area contributed by atoms with Crippen LogP contribution in [0, 0.1) is 5.92 Å². The number of nitrogens with one attached hydrogen (secondary N) is 1. The fraction of sp³-hybridized carbons (Fsp3) is 0.350. The van der Waals surface area contributed by atoms with E-state index in [9.17, 15) is 13.2 Å². The Morgan fingerprint density at radius 3 is 2.24 bits per heavy atom. The molecule has 0 bridgehead atoms. The Kier molecular flexibility index (Phi) is 7.12. The number of carbonyl (C=O) groups excluding carboxylic acids is 1. The smallest absolute Gasteiger partial charge is 0.244 e. The van der Waals surface area contributed by atoms with Gasteiger partial charge in [-0.25, -0.2) is 8.42 Å². The lowest BCUT2D eigenvalue weighted by atomic mass is 9.96. The second-order valence-electron chi connectivity index (χ2n) is 7.03. The second kappa shape index (κ2) is 9.23. The highest BCUT2D eigenvalue weighted by Crippen LogP contribution is 2.30. The summed E-state index contributed by atoms with van der Waals surface area (Å²) in [6.45, 7) is 2.40. The summed E-state index contributed by atoms with van der Waals surface area (Å²) in [5.41, 5.74) is 0.957. The Hall–Kier alpha value is -1.31. The van der Waals surface area contributed by atoms with Crippen LogP contribution in [-0.2, 0) is 14.8 Å². The van der Waals surface area contributed by atoms with Crippen molar-refractivity contribution in [3.05, 3.63) is 63.1 Å². The van der Waals surface area contributed by atoms with Crippen LogP contribution >= 0.6 is 34.8 Å². The lowest BCUT2D eigenvalue weighted by Crippen LogP contribution is -2.43. The molecule has 29 heavy (non-hydrogen) atoms. The summed E-state index contributed by atoms with van der Waals surface area (Å²) >= 11 is 17.9. The molecule has 1 aliphatic heterocycles. The molecule has 0 unspecified atom stereocenters. The van der Waals surface area contributed by atoms with E-state index < -0.39 is 10.0 Å². The maximum absolute atomic E-state index is 12.9. The zero-order valence-corrected chi connectivity index (χ0v) is 18.8. The minimum absolute atomic E-state index is 0.00840. The van der Waals surface area contributed by atoms with Crippen molar-refractivity contribution in [2.45, 2.75) is 30.7 Å². The van der Waals surface area contributed by atoms with Crippen molar-refractivity contribution < 1.29 is 13.2 Å². The van der Waals surface area contributed by atoms with Crippen LogP contribution in [0.3, 0.4) is 0 Å². The van der Waals surface area contributed by atoms with Crippen molar-refractivity contribution in [2.75, 3.05) is 13.1 Å². The van der Waals surface area contributed by atoms with Gasteiger partial charge in [0.15, 0.2) is 0 Å². The number of sulfonamides is 1. The third-order valence-electron chi connectivity index (χ3n) is 5.06. The summed E-state index contributed by atoms with van der Waals surface area (Å²) in [5, 5.41) is 4.07. The van der Waals surface area contributed by atoms with Crippen molar-refractivity contribution in [3.8, 4) is 0 Å². The SMILES string of the molecule is C[C@H](NC(=O)C1CCN(S(=O)(=O)c2cc(Cl)ccc2Cl)CC1)c1ccc(Cl)cc1. The van der Waals surface area contributed by atoms with Crippen LogP contribution in [0.2, 0.25) is 15.1 Å². The number of amides is 1. The Morgan fingerprint density at radius 2 is 1.62 bits per heavy atom. The molecular weight excluding hydrogens is 455 g/mol. The van der Waals surface area contributed by atoms with Crippen molar-refractivity contribution in [3.63, 3.8) is 0 Å². The van der Waals surface area contributed by atoms with Crippen LogP contribution in [0.15, 0.2) is 47.4 Å². The van der Waals surface area contributed by atoms with E-state index in [-0.39, 0.29) is 40.9 Å². The first-order chi connectivity index (χ1) is 13.7. The van der Waals surface area contributed by atoms with E-state index in [1.54, 1.807) is 18.2 Å². The Morgan fingerprint density at radius 1 is 1.03 bits per heavy atom. The van der Waals surface area contributed by atoms with Crippen molar-refractivity contribution >= 4 is 50.7 Å². The second-order valence-corrected chi connectivity index (χ2v) is 10.2. The van der Waals surface area contributed by atoms with Gasteiger partial charge in [0.25, 0.3) is 0 Å². The number of hydrogen-bond donors (Lipinski definition) is 1. The van der Waals surface area contributed by atoms with Gasteiger partial charge in [-0.05, 0) is 55.7 Å². The Balaban J connectivity index is 1.61. The van der Waals surface area contributed by atoms with Gasteiger partial charge in [0.05, 0.1) is 11.1 Å². The largest absolute Gasteiger partial charge is 0.349 e. The summed E-state index contributed by atoms with van der Waals surface area (Å²) in [5.74, 6) is -0.323. The van der Waals surface area contributed by atoms with Gasteiger partial charge in [0, 0.05) is 29.1 Å². The fourth-order valence-corrected chi connectivity index (χ4v) is 5.67. The molecule has 2 aromatic rings. The molecule has 0 spiro atoms. The molecule has 1 aliphatic rings. The van der Waals surface area contributed by atoms with Gasteiger partial charge in [0.1, 0.15) is 4.90 Å². The standard InChI is InChI=1S/C20H21Cl3N2O3S/c1-13(14-2-4-16(21)5-3-14)24-20(26)15-8-10-25(11-9-15)29(27,28)19-12-17(22)6-7-18(19)23/h2-7,12-13,15H,8-11H2,1H3,(H,24,26)/t13-/m0/s1. The van der Waals surface area contributed by atoms with E-state index in [0.717, 1.165) is 5.56 Å². The minimum Gasteiger partial charge on any atom is -0.349 e. The molecule has 1 N–H and O–H groups in total. The Bertz CT molecular complexity index is 989. The van der Waals surface area contributed by atoms with Gasteiger partial charge in [-0.15, -0.1) is 0 Å². The number of piperidine rings is 1. The molecule has 9 heteroatoms. The first-order valence-corrected chi connectivity index (χ1v) is 11.8. The highest BCUT2D eigenvalue weighted by molar-refractivity contribution is 7.89. The molecule has 1 saturated heterocycles. The molecule has 1 heterocycles. The first kappa shape index (κ1) is 22.4. The van der Waals surface area contributed by atoms with Gasteiger partial charge in [0.2, 0.25) is 15.9 Å². The third kappa shape index (κ3) is 5.25. The highest BCUT2D eigenvalue weighted by atomic mass is 35.5. The molecule has 1 fully saturated rings. The molecule has 0 aliphatic carbocycles. The summed E-state index contributed by atoms with van der Waals surface area (Å²) in [4.78, 5) is 12.6. The van der Waals surface area contributed by atoms with E-state index in [4.69, 9.17) is 34.8 Å². The molecular formula is C20H21Cl3N2O3S. The highest BCUT2D eigenvalue weighted by Gasteiger charge is 2.33. The van der Waals surface area contributed by atoms with Gasteiger partial charge in [-0.1, -0.05) is 46.9 Å². The molecule has 0 radical (unpaired) electrons. The predicted molar refractivity (Wildman–Crippen MR) is 116 cm³/mol. The topological polar surface area (TPSA) is 66.5 Å². The molecule has 5 nitrogen and oxygen atoms in total. The van der Waals surface area contributed by atoms with Gasteiger partial charge >= 0.3 is 0 Å². The molecule has 2 aromatic carbocycles. The number of carbonyl (C=O) groups is 1. The summed E-state index contributed by atoms with van der Waals surface area (Å²) < 4.78 is 27.2. The van der Waals surface area contributed by atoms with Crippen molar-refractivity contribution in [2.24, 2.45) is 5.92 Å². The summed E-state index contributed by atoms with van der Waals surface area (Å²) in [7, 11) is -3.76. The van der Waals surface area contributed by atoms with Crippen molar-refractivity contribution in [1.82, 2.24) is 9.62 Å². The molecule has 3 rings (SSSR count). The van der Waals surface area contributed by atoms with Crippen LogP contribution < -0.4 is 5.32 Å². The van der Waals surface area contributed by atoms with E-state index >= 15 is 0 Å². The van der Waals surface area contributed by atoms with Gasteiger partial charge in [-0.3, -0.25) is 4.79 Å². The number of benzene rings is 2. The lowest BCUT2D eigenvalue weighted by molar-refractivity contribution is -0.126. The lowest BCUT2D eigenvalue weighted by Gasteiger charge is -2.31. The van der Waals surface area contributed by atoms with E-state index in [0.29, 0.717) is 22.9 Å². The van der Waals surface area contributed by atoms with Crippen LogP contribution in [0.5, 0.6) is 0 Å². The van der Waals surface area contributed by atoms with Gasteiger partial charge in [-0.2, -0.15) is 4.31 Å². The zero-order valence-electron chi connectivity index (χ0n) is 15.7. The normalized spacial score (nSPS) is 17.1. The number of nitrogens with zero attached hydrogens (tertiary/aromatic N) is 1. The van der Waals surface area contributed by atoms with Crippen molar-refractivity contribution in [1.29, 1.82) is 0 Å².